The van der Waals surface area contributed by atoms with E-state index >= 15 is 0 Å². The van der Waals surface area contributed by atoms with Crippen molar-refractivity contribution in [1.29, 1.82) is 0 Å². The molecule has 116 valence electrons. The first-order valence-electron chi connectivity index (χ1n) is 7.25. The number of aromatic carboxylic acids is 1. The van der Waals surface area contributed by atoms with Crippen molar-refractivity contribution in [3.63, 3.8) is 0 Å². The summed E-state index contributed by atoms with van der Waals surface area (Å²) in [6.45, 7) is 2.87. The molecule has 21 heavy (non-hydrogen) atoms. The largest absolute Gasteiger partial charge is 0.478 e. The SMILES string of the molecule is CCCS(=O)(=O)N1CCC[C@@H](c2cccc(C(=O)O)c2)C1. The molecule has 0 aliphatic carbocycles. The van der Waals surface area contributed by atoms with Crippen molar-refractivity contribution in [1.82, 2.24) is 4.31 Å². The van der Waals surface area contributed by atoms with Crippen molar-refractivity contribution in [3.05, 3.63) is 35.4 Å². The van der Waals surface area contributed by atoms with Crippen LogP contribution in [0, 0.1) is 0 Å². The molecule has 0 amide bonds. The quantitative estimate of drug-likeness (QED) is 0.905. The first-order valence-corrected chi connectivity index (χ1v) is 8.86. The predicted octanol–water partition coefficient (Wildman–Crippen LogP) is 2.30. The van der Waals surface area contributed by atoms with E-state index in [1.54, 1.807) is 22.5 Å². The van der Waals surface area contributed by atoms with Crippen LogP contribution in [0.5, 0.6) is 0 Å². The molecule has 1 saturated heterocycles. The zero-order valence-corrected chi connectivity index (χ0v) is 13.0. The van der Waals surface area contributed by atoms with Crippen molar-refractivity contribution in [2.24, 2.45) is 0 Å². The molecule has 0 bridgehead atoms. The Morgan fingerprint density at radius 3 is 2.86 bits per heavy atom. The molecule has 1 N–H and O–H groups in total. The highest BCUT2D eigenvalue weighted by Gasteiger charge is 2.29. The topological polar surface area (TPSA) is 74.7 Å². The van der Waals surface area contributed by atoms with Crippen molar-refractivity contribution < 1.29 is 18.3 Å². The number of carbonyl (C=O) groups is 1. The molecule has 1 fully saturated rings. The number of nitrogens with zero attached hydrogens (tertiary/aromatic N) is 1. The predicted molar refractivity (Wildman–Crippen MR) is 81.0 cm³/mol. The molecule has 1 atom stereocenters. The lowest BCUT2D eigenvalue weighted by Crippen LogP contribution is -2.40. The van der Waals surface area contributed by atoms with Crippen molar-refractivity contribution in [3.8, 4) is 0 Å². The maximum atomic E-state index is 12.2. The van der Waals surface area contributed by atoms with Gasteiger partial charge >= 0.3 is 5.97 Å². The second-order valence-corrected chi connectivity index (χ2v) is 7.53. The Kier molecular flexibility index (Phi) is 5.00. The van der Waals surface area contributed by atoms with Gasteiger partial charge in [0.05, 0.1) is 11.3 Å². The van der Waals surface area contributed by atoms with Crippen LogP contribution >= 0.6 is 0 Å². The smallest absolute Gasteiger partial charge is 0.335 e. The normalized spacial score (nSPS) is 20.3. The second-order valence-electron chi connectivity index (χ2n) is 5.44. The van der Waals surface area contributed by atoms with Crippen LogP contribution in [0.15, 0.2) is 24.3 Å². The Hall–Kier alpha value is -1.40. The lowest BCUT2D eigenvalue weighted by molar-refractivity contribution is 0.0696. The van der Waals surface area contributed by atoms with Crippen LogP contribution in [0.25, 0.3) is 0 Å². The fourth-order valence-corrected chi connectivity index (χ4v) is 4.37. The molecule has 0 aromatic heterocycles. The summed E-state index contributed by atoms with van der Waals surface area (Å²) in [6.07, 6.45) is 2.31. The van der Waals surface area contributed by atoms with Gasteiger partial charge in [-0.3, -0.25) is 0 Å². The standard InChI is InChI=1S/C15H21NO4S/c1-2-9-21(19,20)16-8-4-7-14(11-16)12-5-3-6-13(10-12)15(17)18/h3,5-6,10,14H,2,4,7-9,11H2,1H3,(H,17,18)/t14-/m1/s1. The van der Waals surface area contributed by atoms with E-state index < -0.39 is 16.0 Å². The van der Waals surface area contributed by atoms with Crippen LogP contribution in [-0.2, 0) is 10.0 Å². The van der Waals surface area contributed by atoms with Gasteiger partial charge in [0.25, 0.3) is 0 Å². The van der Waals surface area contributed by atoms with Gasteiger partial charge in [-0.1, -0.05) is 19.1 Å². The minimum absolute atomic E-state index is 0.0738. The molecule has 6 heteroatoms. The minimum atomic E-state index is -3.18. The summed E-state index contributed by atoms with van der Waals surface area (Å²) < 4.78 is 25.9. The Morgan fingerprint density at radius 2 is 2.19 bits per heavy atom. The molecular weight excluding hydrogens is 290 g/mol. The van der Waals surface area contributed by atoms with Crippen LogP contribution in [0.1, 0.15) is 48.0 Å². The molecule has 1 aromatic rings. The van der Waals surface area contributed by atoms with Gasteiger partial charge in [0.15, 0.2) is 0 Å². The van der Waals surface area contributed by atoms with Crippen molar-refractivity contribution in [2.75, 3.05) is 18.8 Å². The summed E-state index contributed by atoms with van der Waals surface area (Å²) in [5.41, 5.74) is 1.16. The second kappa shape index (κ2) is 6.58. The summed E-state index contributed by atoms with van der Waals surface area (Å²) in [5.74, 6) is -0.706. The Bertz CT molecular complexity index is 612. The molecule has 1 aliphatic rings. The number of piperidine rings is 1. The lowest BCUT2D eigenvalue weighted by atomic mass is 9.91. The van der Waals surface area contributed by atoms with E-state index in [0.29, 0.717) is 19.5 Å². The summed E-state index contributed by atoms with van der Waals surface area (Å²) in [7, 11) is -3.18. The maximum absolute atomic E-state index is 12.2. The molecule has 0 saturated carbocycles. The number of carboxylic acid groups (broad SMARTS) is 1. The van der Waals surface area contributed by atoms with Gasteiger partial charge in [-0.05, 0) is 42.9 Å². The van der Waals surface area contributed by atoms with E-state index in [4.69, 9.17) is 5.11 Å². The number of sulfonamides is 1. The van der Waals surface area contributed by atoms with E-state index in [1.807, 2.05) is 13.0 Å². The van der Waals surface area contributed by atoms with Crippen molar-refractivity contribution >= 4 is 16.0 Å². The van der Waals surface area contributed by atoms with Crippen LogP contribution in [-0.4, -0.2) is 42.6 Å². The van der Waals surface area contributed by atoms with E-state index in [-0.39, 0.29) is 17.2 Å². The molecule has 0 spiro atoms. The maximum Gasteiger partial charge on any atom is 0.335 e. The van der Waals surface area contributed by atoms with Gasteiger partial charge in [-0.15, -0.1) is 0 Å². The minimum Gasteiger partial charge on any atom is -0.478 e. The van der Waals surface area contributed by atoms with Gasteiger partial charge in [0.1, 0.15) is 0 Å². The molecule has 5 nitrogen and oxygen atoms in total. The summed E-state index contributed by atoms with van der Waals surface area (Å²) in [5, 5.41) is 9.05. The van der Waals surface area contributed by atoms with E-state index in [9.17, 15) is 13.2 Å². The molecule has 1 aromatic carbocycles. The van der Waals surface area contributed by atoms with Gasteiger partial charge < -0.3 is 5.11 Å². The van der Waals surface area contributed by atoms with Crippen molar-refractivity contribution in [2.45, 2.75) is 32.1 Å². The Labute approximate surface area is 125 Å². The molecular formula is C15H21NO4S. The highest BCUT2D eigenvalue weighted by Crippen LogP contribution is 2.29. The monoisotopic (exact) mass is 311 g/mol. The third kappa shape index (κ3) is 3.83. The van der Waals surface area contributed by atoms with Crippen LogP contribution < -0.4 is 0 Å². The van der Waals surface area contributed by atoms with Crippen LogP contribution in [0.4, 0.5) is 0 Å². The highest BCUT2D eigenvalue weighted by molar-refractivity contribution is 7.89. The lowest BCUT2D eigenvalue weighted by Gasteiger charge is -2.32. The van der Waals surface area contributed by atoms with E-state index in [2.05, 4.69) is 0 Å². The number of carboxylic acids is 1. The highest BCUT2D eigenvalue weighted by atomic mass is 32.2. The van der Waals surface area contributed by atoms with Crippen LogP contribution in [0.2, 0.25) is 0 Å². The molecule has 0 unspecified atom stereocenters. The van der Waals surface area contributed by atoms with Gasteiger partial charge in [-0.25, -0.2) is 17.5 Å². The first kappa shape index (κ1) is 16.0. The van der Waals surface area contributed by atoms with Gasteiger partial charge in [0.2, 0.25) is 10.0 Å². The third-order valence-corrected chi connectivity index (χ3v) is 5.89. The fourth-order valence-electron chi connectivity index (χ4n) is 2.78. The molecule has 0 radical (unpaired) electrons. The molecule has 1 heterocycles. The zero-order valence-electron chi connectivity index (χ0n) is 12.2. The fraction of sp³-hybridized carbons (Fsp3) is 0.533. The zero-order chi connectivity index (χ0) is 15.5. The number of benzene rings is 1. The number of hydrogen-bond acceptors (Lipinski definition) is 3. The Morgan fingerprint density at radius 1 is 1.43 bits per heavy atom. The van der Waals surface area contributed by atoms with E-state index in [1.165, 1.54) is 0 Å². The molecule has 1 aliphatic heterocycles. The summed E-state index contributed by atoms with van der Waals surface area (Å²) in [6, 6.07) is 6.81. The average molecular weight is 311 g/mol. The summed E-state index contributed by atoms with van der Waals surface area (Å²) in [4.78, 5) is 11.0. The third-order valence-electron chi connectivity index (χ3n) is 3.84. The number of rotatable bonds is 5. The van der Waals surface area contributed by atoms with Gasteiger partial charge in [0, 0.05) is 13.1 Å². The molecule has 2 rings (SSSR count). The number of hydrogen-bond donors (Lipinski definition) is 1. The Balaban J connectivity index is 2.18. The van der Waals surface area contributed by atoms with Crippen LogP contribution in [0.3, 0.4) is 0 Å². The summed E-state index contributed by atoms with van der Waals surface area (Å²) >= 11 is 0. The first-order chi connectivity index (χ1) is 9.94. The average Bonchev–Trinajstić information content (AvgIpc) is 2.47. The van der Waals surface area contributed by atoms with E-state index in [0.717, 1.165) is 18.4 Å². The van der Waals surface area contributed by atoms with Gasteiger partial charge in [-0.2, -0.15) is 0 Å².